The monoisotopic (exact) mass is 390 g/mol. The van der Waals surface area contributed by atoms with E-state index in [1.165, 1.54) is 12.1 Å². The zero-order valence-electron chi connectivity index (χ0n) is 15.7. The second kappa shape index (κ2) is 9.27. The first kappa shape index (κ1) is 21.3. The number of nitrogens with zero attached hydrogens (tertiary/aromatic N) is 1. The van der Waals surface area contributed by atoms with Gasteiger partial charge in [-0.25, -0.2) is 0 Å². The lowest BCUT2D eigenvalue weighted by molar-refractivity contribution is -0.137. The molecular weight excluding hydrogens is 369 g/mol. The largest absolute Gasteiger partial charge is 0.493 e. The van der Waals surface area contributed by atoms with E-state index >= 15 is 0 Å². The number of hydrogen-bond donors (Lipinski definition) is 1. The van der Waals surface area contributed by atoms with Crippen LogP contribution in [0.25, 0.3) is 0 Å². The van der Waals surface area contributed by atoms with Crippen LogP contribution in [0.4, 0.5) is 18.9 Å². The number of hydrogen-bond acceptors (Lipinski definition) is 3. The van der Waals surface area contributed by atoms with Crippen LogP contribution in [0.5, 0.6) is 5.75 Å². The topological polar surface area (TPSA) is 62.1 Å². The molecule has 0 saturated heterocycles. The third-order valence-electron chi connectivity index (χ3n) is 4.14. The van der Waals surface area contributed by atoms with Crippen LogP contribution in [-0.2, 0) is 12.6 Å². The van der Waals surface area contributed by atoms with Gasteiger partial charge in [-0.2, -0.15) is 18.4 Å². The Labute approximate surface area is 161 Å². The molecule has 0 aliphatic heterocycles. The minimum Gasteiger partial charge on any atom is -0.493 e. The van der Waals surface area contributed by atoms with Crippen molar-refractivity contribution in [3.05, 3.63) is 58.7 Å². The van der Waals surface area contributed by atoms with Crippen molar-refractivity contribution in [2.75, 3.05) is 11.9 Å². The Hall–Kier alpha value is -3.01. The lowest BCUT2D eigenvalue weighted by Crippen LogP contribution is -2.17. The van der Waals surface area contributed by atoms with Crippen LogP contribution in [0.3, 0.4) is 0 Å². The van der Waals surface area contributed by atoms with Crippen molar-refractivity contribution in [1.82, 2.24) is 0 Å². The van der Waals surface area contributed by atoms with Gasteiger partial charge < -0.3 is 10.1 Å². The van der Waals surface area contributed by atoms with Gasteiger partial charge in [0.25, 0.3) is 5.91 Å². The van der Waals surface area contributed by atoms with Gasteiger partial charge in [0.2, 0.25) is 0 Å². The van der Waals surface area contributed by atoms with E-state index in [2.05, 4.69) is 5.32 Å². The number of alkyl halides is 3. The molecule has 4 nitrogen and oxygen atoms in total. The molecule has 0 fully saturated rings. The van der Waals surface area contributed by atoms with Gasteiger partial charge in [-0.05, 0) is 49.6 Å². The maximum absolute atomic E-state index is 13.2. The number of halogens is 3. The van der Waals surface area contributed by atoms with E-state index in [9.17, 15) is 18.0 Å². The molecule has 0 radical (unpaired) electrons. The zero-order valence-corrected chi connectivity index (χ0v) is 15.7. The Morgan fingerprint density at radius 2 is 1.96 bits per heavy atom. The summed E-state index contributed by atoms with van der Waals surface area (Å²) in [7, 11) is 0. The fraction of sp³-hybridized carbons (Fsp3) is 0.333. The standard InChI is InChI=1S/C21H21F3N2O2/c1-3-5-7-14-8-6-9-18(28-4-2)19(14)20(27)26-16-11-10-15(13-25)17(12-16)21(22,23)24/h6,8-12H,3-5,7H2,1-2H3,(H,26,27). The number of aryl methyl sites for hydroxylation is 1. The van der Waals surface area contributed by atoms with Gasteiger partial charge in [0.1, 0.15) is 5.75 Å². The first-order valence-electron chi connectivity index (χ1n) is 8.99. The van der Waals surface area contributed by atoms with Crippen LogP contribution < -0.4 is 10.1 Å². The molecule has 2 rings (SSSR count). The molecule has 28 heavy (non-hydrogen) atoms. The van der Waals surface area contributed by atoms with Gasteiger partial charge in [-0.3, -0.25) is 4.79 Å². The summed E-state index contributed by atoms with van der Waals surface area (Å²) in [6.45, 7) is 4.17. The molecule has 7 heteroatoms. The van der Waals surface area contributed by atoms with E-state index in [0.29, 0.717) is 24.3 Å². The lowest BCUT2D eigenvalue weighted by atomic mass is 10.00. The molecule has 0 unspecified atom stereocenters. The molecule has 0 aliphatic carbocycles. The number of unbranched alkanes of at least 4 members (excludes halogenated alkanes) is 1. The summed E-state index contributed by atoms with van der Waals surface area (Å²) in [4.78, 5) is 12.9. The van der Waals surface area contributed by atoms with Crippen LogP contribution >= 0.6 is 0 Å². The zero-order chi connectivity index (χ0) is 20.7. The van der Waals surface area contributed by atoms with Crippen molar-refractivity contribution < 1.29 is 22.7 Å². The van der Waals surface area contributed by atoms with E-state index in [4.69, 9.17) is 10.00 Å². The highest BCUT2D eigenvalue weighted by molar-refractivity contribution is 6.07. The minimum atomic E-state index is -4.69. The number of amides is 1. The predicted molar refractivity (Wildman–Crippen MR) is 100 cm³/mol. The Morgan fingerprint density at radius 3 is 2.57 bits per heavy atom. The second-order valence-corrected chi connectivity index (χ2v) is 6.15. The van der Waals surface area contributed by atoms with Crippen molar-refractivity contribution in [3.63, 3.8) is 0 Å². The van der Waals surface area contributed by atoms with Gasteiger partial charge in [-0.1, -0.05) is 25.5 Å². The second-order valence-electron chi connectivity index (χ2n) is 6.15. The van der Waals surface area contributed by atoms with Crippen LogP contribution in [0, 0.1) is 11.3 Å². The lowest BCUT2D eigenvalue weighted by Gasteiger charge is -2.16. The van der Waals surface area contributed by atoms with Crippen LogP contribution in [0.2, 0.25) is 0 Å². The molecular formula is C21H21F3N2O2. The smallest absolute Gasteiger partial charge is 0.417 e. The van der Waals surface area contributed by atoms with Gasteiger partial charge in [0.15, 0.2) is 0 Å². The number of carbonyl (C=O) groups is 1. The van der Waals surface area contributed by atoms with E-state index in [1.54, 1.807) is 19.1 Å². The summed E-state index contributed by atoms with van der Waals surface area (Å²) in [5.74, 6) is -0.161. The summed E-state index contributed by atoms with van der Waals surface area (Å²) >= 11 is 0. The summed E-state index contributed by atoms with van der Waals surface area (Å²) in [5.41, 5.74) is -0.532. The molecule has 0 aromatic heterocycles. The first-order valence-corrected chi connectivity index (χ1v) is 8.99. The van der Waals surface area contributed by atoms with Gasteiger partial charge in [0.05, 0.1) is 29.4 Å². The molecule has 148 valence electrons. The van der Waals surface area contributed by atoms with Crippen molar-refractivity contribution in [2.45, 2.75) is 39.3 Å². The normalized spacial score (nSPS) is 11.0. The molecule has 0 aliphatic rings. The van der Waals surface area contributed by atoms with Gasteiger partial charge >= 0.3 is 6.18 Å². The summed E-state index contributed by atoms with van der Waals surface area (Å²) < 4.78 is 45.0. The Bertz CT molecular complexity index is 886. The average Bonchev–Trinajstić information content (AvgIpc) is 2.65. The number of carbonyl (C=O) groups excluding carboxylic acids is 1. The highest BCUT2D eigenvalue weighted by atomic mass is 19.4. The van der Waals surface area contributed by atoms with Crippen molar-refractivity contribution in [3.8, 4) is 11.8 Å². The summed E-state index contributed by atoms with van der Waals surface area (Å²) in [6, 6.07) is 9.87. The Balaban J connectivity index is 2.41. The fourth-order valence-corrected chi connectivity index (χ4v) is 2.83. The minimum absolute atomic E-state index is 0.0379. The number of benzene rings is 2. The highest BCUT2D eigenvalue weighted by Crippen LogP contribution is 2.34. The molecule has 0 heterocycles. The highest BCUT2D eigenvalue weighted by Gasteiger charge is 2.34. The van der Waals surface area contributed by atoms with E-state index < -0.39 is 23.2 Å². The van der Waals surface area contributed by atoms with Crippen LogP contribution in [0.1, 0.15) is 53.7 Å². The summed E-state index contributed by atoms with van der Waals surface area (Å²) in [5, 5.41) is 11.4. The van der Waals surface area contributed by atoms with E-state index in [0.717, 1.165) is 30.5 Å². The van der Waals surface area contributed by atoms with E-state index in [-0.39, 0.29) is 5.69 Å². The molecule has 0 saturated carbocycles. The van der Waals surface area contributed by atoms with Crippen LogP contribution in [0.15, 0.2) is 36.4 Å². The Kier molecular flexibility index (Phi) is 7.05. The molecule has 0 spiro atoms. The SMILES string of the molecule is CCCCc1cccc(OCC)c1C(=O)Nc1ccc(C#N)c(C(F)(F)F)c1. The van der Waals surface area contributed by atoms with Crippen molar-refractivity contribution >= 4 is 11.6 Å². The number of anilines is 1. The molecule has 1 N–H and O–H groups in total. The first-order chi connectivity index (χ1) is 13.3. The molecule has 2 aromatic carbocycles. The Morgan fingerprint density at radius 1 is 1.21 bits per heavy atom. The average molecular weight is 390 g/mol. The van der Waals surface area contributed by atoms with Gasteiger partial charge in [-0.15, -0.1) is 0 Å². The number of ether oxygens (including phenoxy) is 1. The maximum Gasteiger partial charge on any atom is 0.417 e. The van der Waals surface area contributed by atoms with Crippen molar-refractivity contribution in [2.24, 2.45) is 0 Å². The fourth-order valence-electron chi connectivity index (χ4n) is 2.83. The third-order valence-corrected chi connectivity index (χ3v) is 4.14. The van der Waals surface area contributed by atoms with Crippen LogP contribution in [-0.4, -0.2) is 12.5 Å². The number of nitriles is 1. The third kappa shape index (κ3) is 5.03. The molecule has 2 aromatic rings. The quantitative estimate of drug-likeness (QED) is 0.672. The molecule has 0 bridgehead atoms. The van der Waals surface area contributed by atoms with E-state index in [1.807, 2.05) is 13.0 Å². The maximum atomic E-state index is 13.2. The molecule has 1 amide bonds. The molecule has 0 atom stereocenters. The number of rotatable bonds is 7. The van der Waals surface area contributed by atoms with Gasteiger partial charge in [0, 0.05) is 5.69 Å². The van der Waals surface area contributed by atoms with Crippen molar-refractivity contribution in [1.29, 1.82) is 5.26 Å². The number of nitrogens with one attached hydrogen (secondary N) is 1. The predicted octanol–water partition coefficient (Wildman–Crippen LogP) is 5.57. The summed E-state index contributed by atoms with van der Waals surface area (Å²) in [6.07, 6.45) is -2.24.